The molecule has 1 N–H and O–H groups in total. The second kappa shape index (κ2) is 6.61. The number of para-hydroxylation sites is 2. The van der Waals surface area contributed by atoms with Crippen molar-refractivity contribution >= 4 is 0 Å². The predicted octanol–water partition coefficient (Wildman–Crippen LogP) is 1.84. The smallest absolute Gasteiger partial charge is 0.161 e. The van der Waals surface area contributed by atoms with Gasteiger partial charge >= 0.3 is 0 Å². The van der Waals surface area contributed by atoms with Gasteiger partial charge in [-0.15, -0.1) is 0 Å². The average Bonchev–Trinajstić information content (AvgIpc) is 2.42. The van der Waals surface area contributed by atoms with E-state index in [4.69, 9.17) is 14.2 Å². The fraction of sp³-hybridized carbons (Fsp3) is 0.571. The van der Waals surface area contributed by atoms with Crippen molar-refractivity contribution in [3.63, 3.8) is 0 Å². The molecule has 2 unspecified atom stereocenters. The van der Waals surface area contributed by atoms with Gasteiger partial charge in [0.15, 0.2) is 11.5 Å². The Morgan fingerprint density at radius 1 is 1.33 bits per heavy atom. The molecule has 0 bridgehead atoms. The molecule has 0 aromatic heterocycles. The van der Waals surface area contributed by atoms with E-state index in [0.29, 0.717) is 19.3 Å². The van der Waals surface area contributed by atoms with Crippen LogP contribution in [0.1, 0.15) is 13.3 Å². The lowest BCUT2D eigenvalue weighted by Gasteiger charge is -2.31. The van der Waals surface area contributed by atoms with Crippen LogP contribution in [-0.4, -0.2) is 39.0 Å². The lowest BCUT2D eigenvalue weighted by Crippen LogP contribution is -2.48. The van der Waals surface area contributed by atoms with Crippen molar-refractivity contribution in [2.75, 3.05) is 26.9 Å². The lowest BCUT2D eigenvalue weighted by atomic mass is 10.1. The first kappa shape index (κ1) is 13.2. The van der Waals surface area contributed by atoms with Crippen LogP contribution in [0.4, 0.5) is 0 Å². The maximum absolute atomic E-state index is 6.03. The average molecular weight is 251 g/mol. The summed E-state index contributed by atoms with van der Waals surface area (Å²) in [7, 11) is 1.96. The summed E-state index contributed by atoms with van der Waals surface area (Å²) in [4.78, 5) is 0. The van der Waals surface area contributed by atoms with Gasteiger partial charge in [0.1, 0.15) is 6.10 Å². The number of ether oxygens (including phenoxy) is 3. The minimum Gasteiger partial charge on any atom is -0.490 e. The zero-order chi connectivity index (χ0) is 12.8. The van der Waals surface area contributed by atoms with E-state index < -0.39 is 0 Å². The van der Waals surface area contributed by atoms with Crippen LogP contribution < -0.4 is 14.8 Å². The maximum Gasteiger partial charge on any atom is 0.161 e. The summed E-state index contributed by atoms with van der Waals surface area (Å²) in [5.41, 5.74) is 0. The van der Waals surface area contributed by atoms with Crippen molar-refractivity contribution in [3.8, 4) is 11.5 Å². The van der Waals surface area contributed by atoms with Crippen LogP contribution in [0.3, 0.4) is 0 Å². The van der Waals surface area contributed by atoms with Gasteiger partial charge in [0.25, 0.3) is 0 Å². The first-order chi connectivity index (χ1) is 8.85. The first-order valence-corrected chi connectivity index (χ1v) is 6.48. The van der Waals surface area contributed by atoms with Crippen molar-refractivity contribution < 1.29 is 14.2 Å². The van der Waals surface area contributed by atoms with Gasteiger partial charge in [-0.05, 0) is 32.5 Å². The fourth-order valence-corrected chi connectivity index (χ4v) is 2.14. The molecule has 0 radical (unpaired) electrons. The third-order valence-corrected chi connectivity index (χ3v) is 3.10. The van der Waals surface area contributed by atoms with E-state index >= 15 is 0 Å². The molecule has 1 aromatic rings. The van der Waals surface area contributed by atoms with E-state index in [1.165, 1.54) is 0 Å². The van der Waals surface area contributed by atoms with Crippen LogP contribution in [0.2, 0.25) is 0 Å². The van der Waals surface area contributed by atoms with Crippen molar-refractivity contribution in [1.29, 1.82) is 0 Å². The molecule has 0 spiro atoms. The van der Waals surface area contributed by atoms with Crippen LogP contribution in [0.25, 0.3) is 0 Å². The van der Waals surface area contributed by atoms with Gasteiger partial charge in [0.2, 0.25) is 0 Å². The van der Waals surface area contributed by atoms with Crippen LogP contribution in [0.5, 0.6) is 11.5 Å². The van der Waals surface area contributed by atoms with Crippen LogP contribution >= 0.6 is 0 Å². The lowest BCUT2D eigenvalue weighted by molar-refractivity contribution is -0.0139. The Kier molecular flexibility index (Phi) is 4.84. The second-order valence-electron chi connectivity index (χ2n) is 4.29. The molecule has 2 atom stereocenters. The normalized spacial score (nSPS) is 23.7. The molecule has 4 nitrogen and oxygen atoms in total. The molecule has 2 rings (SSSR count). The van der Waals surface area contributed by atoms with E-state index in [-0.39, 0.29) is 6.10 Å². The Morgan fingerprint density at radius 2 is 2.11 bits per heavy atom. The van der Waals surface area contributed by atoms with E-state index in [1.54, 1.807) is 0 Å². The van der Waals surface area contributed by atoms with Crippen molar-refractivity contribution in [3.05, 3.63) is 24.3 Å². The summed E-state index contributed by atoms with van der Waals surface area (Å²) >= 11 is 0. The van der Waals surface area contributed by atoms with Gasteiger partial charge < -0.3 is 19.5 Å². The quantitative estimate of drug-likeness (QED) is 0.867. The number of nitrogens with one attached hydrogen (secondary N) is 1. The molecule has 1 aliphatic heterocycles. The summed E-state index contributed by atoms with van der Waals surface area (Å²) in [6.07, 6.45) is 1.00. The third-order valence-electron chi connectivity index (χ3n) is 3.10. The Labute approximate surface area is 108 Å². The van der Waals surface area contributed by atoms with E-state index in [1.807, 2.05) is 38.2 Å². The minimum atomic E-state index is 0.0327. The van der Waals surface area contributed by atoms with Gasteiger partial charge in [0.05, 0.1) is 13.2 Å². The van der Waals surface area contributed by atoms with Crippen LogP contribution in [0, 0.1) is 0 Å². The van der Waals surface area contributed by atoms with Crippen molar-refractivity contribution in [1.82, 2.24) is 5.32 Å². The molecule has 18 heavy (non-hydrogen) atoms. The Bertz CT molecular complexity index is 370. The molecule has 1 saturated heterocycles. The largest absolute Gasteiger partial charge is 0.490 e. The Morgan fingerprint density at radius 3 is 2.83 bits per heavy atom. The molecule has 0 amide bonds. The zero-order valence-corrected chi connectivity index (χ0v) is 11.0. The third kappa shape index (κ3) is 3.15. The second-order valence-corrected chi connectivity index (χ2v) is 4.29. The molecule has 1 aromatic carbocycles. The predicted molar refractivity (Wildman–Crippen MR) is 70.3 cm³/mol. The number of likely N-dealkylation sites (N-methyl/N-ethyl adjacent to an activating group) is 1. The number of hydrogen-bond donors (Lipinski definition) is 1. The molecule has 4 heteroatoms. The molecular formula is C14H21NO3. The minimum absolute atomic E-state index is 0.0327. The number of benzene rings is 1. The molecule has 100 valence electrons. The van der Waals surface area contributed by atoms with Gasteiger partial charge in [-0.25, -0.2) is 0 Å². The van der Waals surface area contributed by atoms with E-state index in [2.05, 4.69) is 5.32 Å². The van der Waals surface area contributed by atoms with Crippen LogP contribution in [0.15, 0.2) is 24.3 Å². The highest BCUT2D eigenvalue weighted by Gasteiger charge is 2.26. The standard InChI is InChI=1S/C14H21NO3/c1-3-17-12-6-4-5-7-13(12)18-14-10-16-9-8-11(14)15-2/h4-7,11,14-15H,3,8-10H2,1-2H3. The number of rotatable bonds is 5. The fourth-order valence-electron chi connectivity index (χ4n) is 2.14. The molecule has 1 fully saturated rings. The SMILES string of the molecule is CCOc1ccccc1OC1COCCC1NC. The van der Waals surface area contributed by atoms with Gasteiger partial charge in [-0.2, -0.15) is 0 Å². The highest BCUT2D eigenvalue weighted by Crippen LogP contribution is 2.28. The highest BCUT2D eigenvalue weighted by atomic mass is 16.6. The molecular weight excluding hydrogens is 230 g/mol. The molecule has 1 heterocycles. The van der Waals surface area contributed by atoms with Crippen LogP contribution in [-0.2, 0) is 4.74 Å². The molecule has 0 aliphatic carbocycles. The van der Waals surface area contributed by atoms with Gasteiger partial charge in [0, 0.05) is 12.6 Å². The topological polar surface area (TPSA) is 39.7 Å². The summed E-state index contributed by atoms with van der Waals surface area (Å²) < 4.78 is 17.1. The van der Waals surface area contributed by atoms with Crippen molar-refractivity contribution in [2.45, 2.75) is 25.5 Å². The summed E-state index contributed by atoms with van der Waals surface area (Å²) in [5.74, 6) is 1.58. The highest BCUT2D eigenvalue weighted by molar-refractivity contribution is 5.39. The van der Waals surface area contributed by atoms with Gasteiger partial charge in [-0.3, -0.25) is 0 Å². The monoisotopic (exact) mass is 251 g/mol. The summed E-state index contributed by atoms with van der Waals surface area (Å²) in [6.45, 7) is 4.01. The summed E-state index contributed by atoms with van der Waals surface area (Å²) in [6, 6.07) is 8.10. The van der Waals surface area contributed by atoms with E-state index in [9.17, 15) is 0 Å². The van der Waals surface area contributed by atoms with E-state index in [0.717, 1.165) is 24.5 Å². The zero-order valence-electron chi connectivity index (χ0n) is 11.0. The molecule has 0 saturated carbocycles. The van der Waals surface area contributed by atoms with Crippen molar-refractivity contribution in [2.24, 2.45) is 0 Å². The molecule has 1 aliphatic rings. The number of hydrogen-bond acceptors (Lipinski definition) is 4. The summed E-state index contributed by atoms with van der Waals surface area (Å²) in [5, 5.41) is 3.28. The van der Waals surface area contributed by atoms with Gasteiger partial charge in [-0.1, -0.05) is 12.1 Å². The Balaban J connectivity index is 2.07. The first-order valence-electron chi connectivity index (χ1n) is 6.48. The maximum atomic E-state index is 6.03. The Hall–Kier alpha value is -1.26.